The van der Waals surface area contributed by atoms with Crippen molar-refractivity contribution in [3.63, 3.8) is 0 Å². The minimum atomic E-state index is -1.37. The number of aromatic amines is 1. The second-order valence-electron chi connectivity index (χ2n) is 8.32. The molecule has 3 N–H and O–H groups in total. The molecule has 6 heteroatoms. The summed E-state index contributed by atoms with van der Waals surface area (Å²) in [6.07, 6.45) is -0.113. The summed E-state index contributed by atoms with van der Waals surface area (Å²) in [5, 5.41) is 21.9. The van der Waals surface area contributed by atoms with Crippen LogP contribution in [0, 0.1) is 0 Å². The normalized spacial score (nSPS) is 11.1. The Morgan fingerprint density at radius 2 is 1.66 bits per heavy atom. The molecule has 6 nitrogen and oxygen atoms in total. The maximum absolute atomic E-state index is 11.4. The number of aromatic nitrogens is 1. The Morgan fingerprint density at radius 1 is 0.886 bits per heavy atom. The van der Waals surface area contributed by atoms with Gasteiger partial charge in [0.1, 0.15) is 5.75 Å². The van der Waals surface area contributed by atoms with Crippen LogP contribution < -0.4 is 9.47 Å². The third-order valence-electron chi connectivity index (χ3n) is 6.09. The lowest BCUT2D eigenvalue weighted by Gasteiger charge is -2.10. The molecule has 4 aromatic carbocycles. The highest BCUT2D eigenvalue weighted by molar-refractivity contribution is 5.98. The Balaban J connectivity index is 1.42. The SMILES string of the molecule is O=C(O)Oc1[nH]c2c(-c3cccc(CO)c3)cccc2c1CCCOc1cccc2ccccc12. The first kappa shape index (κ1) is 22.5. The highest BCUT2D eigenvalue weighted by Crippen LogP contribution is 2.36. The molecule has 0 bridgehead atoms. The molecule has 0 aliphatic carbocycles. The predicted octanol–water partition coefficient (Wildman–Crippen LogP) is 6.55. The molecular weight excluding hydrogens is 442 g/mol. The van der Waals surface area contributed by atoms with Gasteiger partial charge in [0.05, 0.1) is 18.7 Å². The third-order valence-corrected chi connectivity index (χ3v) is 6.09. The van der Waals surface area contributed by atoms with E-state index >= 15 is 0 Å². The number of hydrogen-bond acceptors (Lipinski definition) is 4. The number of carbonyl (C=O) groups is 1. The zero-order valence-corrected chi connectivity index (χ0v) is 19.0. The van der Waals surface area contributed by atoms with E-state index in [1.807, 2.05) is 72.8 Å². The molecule has 0 saturated carbocycles. The first-order valence-electron chi connectivity index (χ1n) is 11.5. The molecule has 1 aromatic heterocycles. The lowest BCUT2D eigenvalue weighted by atomic mass is 9.99. The van der Waals surface area contributed by atoms with Gasteiger partial charge in [-0.1, -0.05) is 72.8 Å². The van der Waals surface area contributed by atoms with Crippen molar-refractivity contribution in [1.82, 2.24) is 4.98 Å². The van der Waals surface area contributed by atoms with Crippen molar-refractivity contribution in [3.05, 3.63) is 96.1 Å². The van der Waals surface area contributed by atoms with Gasteiger partial charge in [0.2, 0.25) is 5.88 Å². The van der Waals surface area contributed by atoms with Gasteiger partial charge >= 0.3 is 6.16 Å². The summed E-state index contributed by atoms with van der Waals surface area (Å²) >= 11 is 0. The third kappa shape index (κ3) is 4.69. The molecule has 5 rings (SSSR count). The van der Waals surface area contributed by atoms with Gasteiger partial charge in [0.15, 0.2) is 0 Å². The molecule has 0 saturated heterocycles. The topological polar surface area (TPSA) is 91.8 Å². The summed E-state index contributed by atoms with van der Waals surface area (Å²) in [4.78, 5) is 14.6. The summed E-state index contributed by atoms with van der Waals surface area (Å²) in [6.45, 7) is 0.426. The van der Waals surface area contributed by atoms with Crippen LogP contribution in [-0.2, 0) is 13.0 Å². The lowest BCUT2D eigenvalue weighted by Crippen LogP contribution is -2.06. The zero-order valence-electron chi connectivity index (χ0n) is 19.0. The van der Waals surface area contributed by atoms with Crippen LogP contribution in [0.25, 0.3) is 32.8 Å². The fraction of sp³-hybridized carbons (Fsp3) is 0.138. The Kier molecular flexibility index (Phi) is 6.37. The number of ether oxygens (including phenoxy) is 2. The van der Waals surface area contributed by atoms with Crippen LogP contribution in [0.15, 0.2) is 84.9 Å². The largest absolute Gasteiger partial charge is 0.512 e. The van der Waals surface area contributed by atoms with E-state index in [0.29, 0.717) is 19.4 Å². The Morgan fingerprint density at radius 3 is 2.51 bits per heavy atom. The maximum atomic E-state index is 11.4. The first-order chi connectivity index (χ1) is 17.1. The first-order valence-corrected chi connectivity index (χ1v) is 11.5. The average Bonchev–Trinajstić information content (AvgIpc) is 3.23. The van der Waals surface area contributed by atoms with Crippen LogP contribution in [-0.4, -0.2) is 28.0 Å². The molecule has 1 heterocycles. The fourth-order valence-electron chi connectivity index (χ4n) is 4.50. The molecule has 35 heavy (non-hydrogen) atoms. The number of hydrogen-bond donors (Lipinski definition) is 3. The van der Waals surface area contributed by atoms with E-state index < -0.39 is 6.16 Å². The number of aryl methyl sites for hydroxylation is 1. The van der Waals surface area contributed by atoms with Gasteiger partial charge < -0.3 is 24.7 Å². The van der Waals surface area contributed by atoms with Gasteiger partial charge in [-0.25, -0.2) is 4.79 Å². The lowest BCUT2D eigenvalue weighted by molar-refractivity contribution is 0.142. The highest BCUT2D eigenvalue weighted by atomic mass is 16.7. The predicted molar refractivity (Wildman–Crippen MR) is 136 cm³/mol. The van der Waals surface area contributed by atoms with Crippen LogP contribution in [0.5, 0.6) is 11.6 Å². The second-order valence-corrected chi connectivity index (χ2v) is 8.32. The smallest absolute Gasteiger partial charge is 0.493 e. The average molecular weight is 468 g/mol. The number of benzene rings is 4. The molecular formula is C29H25NO5. The number of para-hydroxylation sites is 1. The Hall–Kier alpha value is -4.29. The van der Waals surface area contributed by atoms with Gasteiger partial charge in [0, 0.05) is 21.9 Å². The summed E-state index contributed by atoms with van der Waals surface area (Å²) in [5.74, 6) is 1.05. The molecule has 0 radical (unpaired) electrons. The van der Waals surface area contributed by atoms with E-state index in [4.69, 9.17) is 9.47 Å². The van der Waals surface area contributed by atoms with E-state index in [1.165, 1.54) is 0 Å². The maximum Gasteiger partial charge on any atom is 0.512 e. The molecule has 0 spiro atoms. The quantitative estimate of drug-likeness (QED) is 0.178. The van der Waals surface area contributed by atoms with E-state index in [1.54, 1.807) is 0 Å². The number of rotatable bonds is 8. The van der Waals surface area contributed by atoms with Gasteiger partial charge in [-0.2, -0.15) is 0 Å². The van der Waals surface area contributed by atoms with E-state index in [-0.39, 0.29) is 12.5 Å². The van der Waals surface area contributed by atoms with Crippen LogP contribution in [0.4, 0.5) is 4.79 Å². The van der Waals surface area contributed by atoms with Crippen LogP contribution >= 0.6 is 0 Å². The van der Waals surface area contributed by atoms with Crippen molar-refractivity contribution in [2.24, 2.45) is 0 Å². The highest BCUT2D eigenvalue weighted by Gasteiger charge is 2.18. The number of nitrogens with one attached hydrogen (secondary N) is 1. The van der Waals surface area contributed by atoms with Crippen molar-refractivity contribution in [1.29, 1.82) is 0 Å². The minimum Gasteiger partial charge on any atom is -0.493 e. The number of carboxylic acid groups (broad SMARTS) is 1. The molecule has 0 atom stereocenters. The van der Waals surface area contributed by atoms with Gasteiger partial charge in [-0.05, 0) is 41.5 Å². The zero-order chi connectivity index (χ0) is 24.2. The molecule has 5 aromatic rings. The fourth-order valence-corrected chi connectivity index (χ4v) is 4.50. The second kappa shape index (κ2) is 9.91. The van der Waals surface area contributed by atoms with Crippen molar-refractivity contribution in [2.45, 2.75) is 19.4 Å². The van der Waals surface area contributed by atoms with E-state index in [2.05, 4.69) is 17.1 Å². The van der Waals surface area contributed by atoms with Gasteiger partial charge in [-0.3, -0.25) is 0 Å². The van der Waals surface area contributed by atoms with Gasteiger partial charge in [0.25, 0.3) is 0 Å². The molecule has 176 valence electrons. The number of fused-ring (bicyclic) bond motifs is 2. The minimum absolute atomic E-state index is 0.0517. The molecule has 0 amide bonds. The summed E-state index contributed by atoms with van der Waals surface area (Å²) in [7, 11) is 0. The summed E-state index contributed by atoms with van der Waals surface area (Å²) in [6, 6.07) is 27.6. The monoisotopic (exact) mass is 467 g/mol. The van der Waals surface area contributed by atoms with Crippen molar-refractivity contribution >= 4 is 27.8 Å². The Labute approximate surface area is 202 Å². The molecule has 0 unspecified atom stereocenters. The van der Waals surface area contributed by atoms with Crippen molar-refractivity contribution in [2.75, 3.05) is 6.61 Å². The Bertz CT molecular complexity index is 1500. The summed E-state index contributed by atoms with van der Waals surface area (Å²) in [5.41, 5.74) is 4.23. The molecule has 0 aliphatic heterocycles. The van der Waals surface area contributed by atoms with E-state index in [9.17, 15) is 15.0 Å². The number of H-pyrrole nitrogens is 1. The van der Waals surface area contributed by atoms with Crippen LogP contribution in [0.2, 0.25) is 0 Å². The van der Waals surface area contributed by atoms with Crippen molar-refractivity contribution in [3.8, 4) is 22.8 Å². The molecule has 0 aliphatic rings. The standard InChI is InChI=1S/C29H25NO5/c31-18-19-7-3-10-21(17-19)23-12-5-13-24-25(28(30-27(23)24)35-29(32)33)14-6-16-34-26-15-4-9-20-8-1-2-11-22(20)26/h1-5,7-13,15,17,30-31H,6,14,16,18H2,(H,32,33). The van der Waals surface area contributed by atoms with Gasteiger partial charge in [-0.15, -0.1) is 0 Å². The summed E-state index contributed by atoms with van der Waals surface area (Å²) < 4.78 is 11.2. The van der Waals surface area contributed by atoms with Crippen molar-refractivity contribution < 1.29 is 24.5 Å². The number of aliphatic hydroxyl groups is 1. The number of aliphatic hydroxyl groups excluding tert-OH is 1. The van der Waals surface area contributed by atoms with Crippen LogP contribution in [0.3, 0.4) is 0 Å². The van der Waals surface area contributed by atoms with Crippen LogP contribution in [0.1, 0.15) is 17.5 Å². The van der Waals surface area contributed by atoms with E-state index in [0.717, 1.165) is 49.7 Å². The molecule has 0 fully saturated rings.